The summed E-state index contributed by atoms with van der Waals surface area (Å²) in [6.07, 6.45) is 0. The van der Waals surface area contributed by atoms with E-state index in [4.69, 9.17) is 4.74 Å². The van der Waals surface area contributed by atoms with E-state index in [0.717, 1.165) is 12.1 Å². The summed E-state index contributed by atoms with van der Waals surface area (Å²) in [5.41, 5.74) is -0.492. The lowest BCUT2D eigenvalue weighted by Gasteiger charge is -2.20. The molecule has 1 aromatic rings. The first kappa shape index (κ1) is 15.9. The second-order valence-corrected chi connectivity index (χ2v) is 5.12. The summed E-state index contributed by atoms with van der Waals surface area (Å²) in [5.74, 6) is -2.67. The number of urea groups is 1. The van der Waals surface area contributed by atoms with Crippen molar-refractivity contribution in [3.05, 3.63) is 29.8 Å². The summed E-state index contributed by atoms with van der Waals surface area (Å²) < 4.78 is 30.7. The minimum Gasteiger partial charge on any atom is -0.481 e. The van der Waals surface area contributed by atoms with Crippen LogP contribution in [0, 0.1) is 11.6 Å². The van der Waals surface area contributed by atoms with Crippen molar-refractivity contribution in [2.45, 2.75) is 26.3 Å². The molecule has 7 heteroatoms. The molecule has 0 spiro atoms. The SMILES string of the molecule is CC(C)(C)NC(=O)NC(=O)COc1ccc(F)cc1F. The van der Waals surface area contributed by atoms with Crippen LogP contribution in [-0.4, -0.2) is 24.1 Å². The largest absolute Gasteiger partial charge is 0.481 e. The number of hydrogen-bond acceptors (Lipinski definition) is 3. The maximum absolute atomic E-state index is 13.2. The fraction of sp³-hybridized carbons (Fsp3) is 0.385. The van der Waals surface area contributed by atoms with Gasteiger partial charge in [-0.3, -0.25) is 10.1 Å². The summed E-state index contributed by atoms with van der Waals surface area (Å²) in [5, 5.41) is 4.54. The van der Waals surface area contributed by atoms with Crippen LogP contribution >= 0.6 is 0 Å². The van der Waals surface area contributed by atoms with Gasteiger partial charge < -0.3 is 10.1 Å². The average molecular weight is 286 g/mol. The zero-order chi connectivity index (χ0) is 15.3. The van der Waals surface area contributed by atoms with Gasteiger partial charge in [0.05, 0.1) is 0 Å². The highest BCUT2D eigenvalue weighted by atomic mass is 19.1. The molecule has 0 saturated heterocycles. The molecular weight excluding hydrogens is 270 g/mol. The second-order valence-electron chi connectivity index (χ2n) is 5.12. The van der Waals surface area contributed by atoms with Crippen molar-refractivity contribution in [1.82, 2.24) is 10.6 Å². The third-order valence-electron chi connectivity index (χ3n) is 1.99. The van der Waals surface area contributed by atoms with E-state index in [1.165, 1.54) is 0 Å². The number of benzene rings is 1. The van der Waals surface area contributed by atoms with Crippen LogP contribution in [0.4, 0.5) is 13.6 Å². The fourth-order valence-electron chi connectivity index (χ4n) is 1.27. The Bertz CT molecular complexity index is 513. The molecule has 0 aliphatic heterocycles. The first-order valence-electron chi connectivity index (χ1n) is 5.87. The Morgan fingerprint density at radius 1 is 1.25 bits per heavy atom. The standard InChI is InChI=1S/C13H16F2N2O3/c1-13(2,3)17-12(19)16-11(18)7-20-10-5-4-8(14)6-9(10)15/h4-6H,7H2,1-3H3,(H2,16,17,18,19). The van der Waals surface area contributed by atoms with E-state index in [-0.39, 0.29) is 5.75 Å². The van der Waals surface area contributed by atoms with Crippen LogP contribution < -0.4 is 15.4 Å². The van der Waals surface area contributed by atoms with Gasteiger partial charge in [0.25, 0.3) is 5.91 Å². The van der Waals surface area contributed by atoms with Crippen LogP contribution in [-0.2, 0) is 4.79 Å². The first-order valence-corrected chi connectivity index (χ1v) is 5.87. The number of imide groups is 1. The lowest BCUT2D eigenvalue weighted by molar-refractivity contribution is -0.122. The van der Waals surface area contributed by atoms with Crippen LogP contribution in [0.1, 0.15) is 20.8 Å². The molecule has 0 heterocycles. The topological polar surface area (TPSA) is 67.4 Å². The molecule has 3 amide bonds. The minimum atomic E-state index is -0.919. The highest BCUT2D eigenvalue weighted by Crippen LogP contribution is 2.17. The molecule has 0 aromatic heterocycles. The number of ether oxygens (including phenoxy) is 1. The Labute approximate surface area is 115 Å². The number of nitrogens with one attached hydrogen (secondary N) is 2. The molecule has 1 aromatic carbocycles. The highest BCUT2D eigenvalue weighted by Gasteiger charge is 2.16. The molecule has 0 atom stereocenters. The maximum atomic E-state index is 13.2. The molecule has 5 nitrogen and oxygen atoms in total. The van der Waals surface area contributed by atoms with Gasteiger partial charge in [0, 0.05) is 11.6 Å². The van der Waals surface area contributed by atoms with Gasteiger partial charge >= 0.3 is 6.03 Å². The monoisotopic (exact) mass is 286 g/mol. The Hall–Kier alpha value is -2.18. The molecule has 0 bridgehead atoms. The van der Waals surface area contributed by atoms with E-state index in [2.05, 4.69) is 5.32 Å². The van der Waals surface area contributed by atoms with Crippen molar-refractivity contribution in [2.75, 3.05) is 6.61 Å². The Balaban J connectivity index is 2.46. The van der Waals surface area contributed by atoms with Crippen molar-refractivity contribution in [3.8, 4) is 5.75 Å². The van der Waals surface area contributed by atoms with Crippen LogP contribution in [0.2, 0.25) is 0 Å². The number of carbonyl (C=O) groups excluding carboxylic acids is 2. The Morgan fingerprint density at radius 2 is 1.90 bits per heavy atom. The molecule has 20 heavy (non-hydrogen) atoms. The summed E-state index contributed by atoms with van der Waals surface area (Å²) in [7, 11) is 0. The number of carbonyl (C=O) groups is 2. The summed E-state index contributed by atoms with van der Waals surface area (Å²) in [4.78, 5) is 22.8. The van der Waals surface area contributed by atoms with Gasteiger partial charge in [0.2, 0.25) is 0 Å². The van der Waals surface area contributed by atoms with Crippen LogP contribution in [0.15, 0.2) is 18.2 Å². The van der Waals surface area contributed by atoms with Gasteiger partial charge in [-0.05, 0) is 32.9 Å². The van der Waals surface area contributed by atoms with Crippen molar-refractivity contribution < 1.29 is 23.1 Å². The Kier molecular flexibility index (Phi) is 5.01. The normalized spacial score (nSPS) is 10.8. The zero-order valence-corrected chi connectivity index (χ0v) is 11.4. The van der Waals surface area contributed by atoms with Crippen LogP contribution in [0.25, 0.3) is 0 Å². The Morgan fingerprint density at radius 3 is 2.45 bits per heavy atom. The number of rotatable bonds is 3. The molecule has 1 rings (SSSR count). The predicted octanol–water partition coefficient (Wildman–Crippen LogP) is 1.97. The number of hydrogen-bond donors (Lipinski definition) is 2. The summed E-state index contributed by atoms with van der Waals surface area (Å²) in [6.45, 7) is 4.70. The second kappa shape index (κ2) is 6.31. The molecule has 0 unspecified atom stereocenters. The quantitative estimate of drug-likeness (QED) is 0.892. The van der Waals surface area contributed by atoms with Gasteiger partial charge in [-0.1, -0.05) is 0 Å². The lowest BCUT2D eigenvalue weighted by Crippen LogP contribution is -2.49. The molecular formula is C13H16F2N2O3. The molecule has 0 aliphatic carbocycles. The van der Waals surface area contributed by atoms with Crippen molar-refractivity contribution in [2.24, 2.45) is 0 Å². The zero-order valence-electron chi connectivity index (χ0n) is 11.4. The van der Waals surface area contributed by atoms with E-state index in [1.807, 2.05) is 5.32 Å². The van der Waals surface area contributed by atoms with E-state index >= 15 is 0 Å². The van der Waals surface area contributed by atoms with E-state index in [1.54, 1.807) is 20.8 Å². The third-order valence-corrected chi connectivity index (χ3v) is 1.99. The maximum Gasteiger partial charge on any atom is 0.321 e. The molecule has 0 fully saturated rings. The summed E-state index contributed by atoms with van der Waals surface area (Å²) >= 11 is 0. The predicted molar refractivity (Wildman–Crippen MR) is 68.3 cm³/mol. The first-order chi connectivity index (χ1) is 9.17. The van der Waals surface area contributed by atoms with Gasteiger partial charge in [0.1, 0.15) is 5.82 Å². The van der Waals surface area contributed by atoms with Gasteiger partial charge in [-0.25, -0.2) is 13.6 Å². The van der Waals surface area contributed by atoms with Crippen LogP contribution in [0.5, 0.6) is 5.75 Å². The van der Waals surface area contributed by atoms with E-state index in [0.29, 0.717) is 6.07 Å². The highest BCUT2D eigenvalue weighted by molar-refractivity contribution is 5.95. The van der Waals surface area contributed by atoms with Gasteiger partial charge in [-0.15, -0.1) is 0 Å². The number of amides is 3. The molecule has 0 saturated carbocycles. The number of halogens is 2. The average Bonchev–Trinajstić information content (AvgIpc) is 2.24. The minimum absolute atomic E-state index is 0.266. The lowest BCUT2D eigenvalue weighted by atomic mass is 10.1. The van der Waals surface area contributed by atoms with Gasteiger partial charge in [-0.2, -0.15) is 0 Å². The van der Waals surface area contributed by atoms with E-state index in [9.17, 15) is 18.4 Å². The molecule has 0 radical (unpaired) electrons. The van der Waals surface area contributed by atoms with Crippen molar-refractivity contribution >= 4 is 11.9 Å². The summed E-state index contributed by atoms with van der Waals surface area (Å²) in [6, 6.07) is 2.03. The van der Waals surface area contributed by atoms with Gasteiger partial charge in [0.15, 0.2) is 18.2 Å². The van der Waals surface area contributed by atoms with Crippen molar-refractivity contribution in [3.63, 3.8) is 0 Å². The fourth-order valence-corrected chi connectivity index (χ4v) is 1.27. The third kappa shape index (κ3) is 5.64. The molecule has 2 N–H and O–H groups in total. The smallest absolute Gasteiger partial charge is 0.321 e. The van der Waals surface area contributed by atoms with Crippen molar-refractivity contribution in [1.29, 1.82) is 0 Å². The molecule has 0 aliphatic rings. The van der Waals surface area contributed by atoms with Crippen LogP contribution in [0.3, 0.4) is 0 Å². The van der Waals surface area contributed by atoms with E-state index < -0.39 is 35.7 Å². The molecule has 110 valence electrons.